The summed E-state index contributed by atoms with van der Waals surface area (Å²) in [5.74, 6) is 1.40. The zero-order chi connectivity index (χ0) is 15.0. The second-order valence-corrected chi connectivity index (χ2v) is 8.55. The van der Waals surface area contributed by atoms with Crippen LogP contribution in [0.5, 0.6) is 0 Å². The predicted octanol–water partition coefficient (Wildman–Crippen LogP) is 4.67. The molecule has 0 atom stereocenters. The average molecular weight is 277 g/mol. The normalized spacial score (nSPS) is 43.0. The van der Waals surface area contributed by atoms with E-state index in [0.717, 1.165) is 51.4 Å². The maximum absolute atomic E-state index is 11.1. The lowest BCUT2D eigenvalue weighted by Gasteiger charge is -2.50. The van der Waals surface area contributed by atoms with Gasteiger partial charge in [-0.2, -0.15) is 5.26 Å². The minimum atomic E-state index is -0.725. The Morgan fingerprint density at radius 3 is 1.90 bits per heavy atom. The van der Waals surface area contributed by atoms with E-state index in [4.69, 9.17) is 0 Å². The summed E-state index contributed by atoms with van der Waals surface area (Å²) in [7, 11) is 0. The van der Waals surface area contributed by atoms with Crippen molar-refractivity contribution in [2.45, 2.75) is 84.7 Å². The Labute approximate surface area is 124 Å². The molecular weight excluding hydrogens is 246 g/mol. The second kappa shape index (κ2) is 5.34. The van der Waals surface area contributed by atoms with E-state index in [-0.39, 0.29) is 0 Å². The van der Waals surface area contributed by atoms with Gasteiger partial charge in [0.2, 0.25) is 0 Å². The molecule has 0 aromatic carbocycles. The molecule has 0 saturated heterocycles. The molecule has 2 rings (SSSR count). The number of rotatable bonds is 1. The lowest BCUT2D eigenvalue weighted by Crippen LogP contribution is -2.52. The molecule has 2 nitrogen and oxygen atoms in total. The highest BCUT2D eigenvalue weighted by Gasteiger charge is 2.53. The van der Waals surface area contributed by atoms with Gasteiger partial charge in [0.15, 0.2) is 0 Å². The first kappa shape index (κ1) is 15.8. The fourth-order valence-corrected chi connectivity index (χ4v) is 4.38. The second-order valence-electron chi connectivity index (χ2n) is 8.55. The summed E-state index contributed by atoms with van der Waals surface area (Å²) >= 11 is 0. The van der Waals surface area contributed by atoms with Crippen LogP contribution in [-0.4, -0.2) is 10.7 Å². The fraction of sp³-hybridized carbons (Fsp3) is 0.944. The number of nitriles is 1. The fourth-order valence-electron chi connectivity index (χ4n) is 4.38. The Kier molecular flexibility index (Phi) is 4.22. The number of hydrogen-bond donors (Lipinski definition) is 1. The third-order valence-corrected chi connectivity index (χ3v) is 6.27. The van der Waals surface area contributed by atoms with Gasteiger partial charge < -0.3 is 5.11 Å². The molecule has 0 spiro atoms. The van der Waals surface area contributed by atoms with Gasteiger partial charge in [0, 0.05) is 0 Å². The first-order valence-electron chi connectivity index (χ1n) is 8.36. The lowest BCUT2D eigenvalue weighted by atomic mass is 9.55. The highest BCUT2D eigenvalue weighted by molar-refractivity contribution is 5.14. The van der Waals surface area contributed by atoms with E-state index in [1.165, 1.54) is 0 Å². The lowest BCUT2D eigenvalue weighted by molar-refractivity contribution is -0.112. The van der Waals surface area contributed by atoms with Gasteiger partial charge >= 0.3 is 0 Å². The highest BCUT2D eigenvalue weighted by atomic mass is 16.3. The Bertz CT molecular complexity index is 371. The first-order valence-corrected chi connectivity index (χ1v) is 8.36. The van der Waals surface area contributed by atoms with Crippen LogP contribution in [0.3, 0.4) is 0 Å². The molecule has 0 bridgehead atoms. The molecular formula is C18H31NO. The van der Waals surface area contributed by atoms with Crippen LogP contribution < -0.4 is 0 Å². The van der Waals surface area contributed by atoms with E-state index >= 15 is 0 Å². The monoisotopic (exact) mass is 277 g/mol. The van der Waals surface area contributed by atoms with Crippen LogP contribution in [-0.2, 0) is 0 Å². The largest absolute Gasteiger partial charge is 0.388 e. The van der Waals surface area contributed by atoms with Crippen LogP contribution in [0, 0.1) is 34.0 Å². The van der Waals surface area contributed by atoms with Crippen LogP contribution in [0.4, 0.5) is 0 Å². The van der Waals surface area contributed by atoms with Gasteiger partial charge in [-0.3, -0.25) is 0 Å². The van der Waals surface area contributed by atoms with Crippen molar-refractivity contribution >= 4 is 0 Å². The van der Waals surface area contributed by atoms with Crippen molar-refractivity contribution in [3.63, 3.8) is 0 Å². The van der Waals surface area contributed by atoms with Crippen molar-refractivity contribution in [1.29, 1.82) is 5.26 Å². The van der Waals surface area contributed by atoms with E-state index < -0.39 is 11.0 Å². The van der Waals surface area contributed by atoms with Crippen LogP contribution in [0.1, 0.15) is 79.1 Å². The molecule has 0 heterocycles. The SMILES string of the molecule is CC1CCC(O)(C2(C#N)CCC(C(C)(C)C)CC2)CC1. The summed E-state index contributed by atoms with van der Waals surface area (Å²) in [6.45, 7) is 9.16. The summed E-state index contributed by atoms with van der Waals surface area (Å²) in [6.07, 6.45) is 7.74. The van der Waals surface area contributed by atoms with Gasteiger partial charge in [-0.15, -0.1) is 0 Å². The smallest absolute Gasteiger partial charge is 0.0860 e. The van der Waals surface area contributed by atoms with Gasteiger partial charge in [-0.25, -0.2) is 0 Å². The number of hydrogen-bond acceptors (Lipinski definition) is 2. The van der Waals surface area contributed by atoms with Crippen molar-refractivity contribution in [2.75, 3.05) is 0 Å². The molecule has 20 heavy (non-hydrogen) atoms. The van der Waals surface area contributed by atoms with Crippen molar-refractivity contribution in [1.82, 2.24) is 0 Å². The summed E-state index contributed by atoms with van der Waals surface area (Å²) in [5.41, 5.74) is -0.878. The van der Waals surface area contributed by atoms with Gasteiger partial charge in [0.05, 0.1) is 17.1 Å². The molecule has 2 heteroatoms. The minimum absolute atomic E-state index is 0.325. The van der Waals surface area contributed by atoms with E-state index in [1.54, 1.807) is 0 Å². The minimum Gasteiger partial charge on any atom is -0.388 e. The molecule has 2 aliphatic carbocycles. The van der Waals surface area contributed by atoms with Crippen molar-refractivity contribution < 1.29 is 5.11 Å². The van der Waals surface area contributed by atoms with Crippen LogP contribution in [0.15, 0.2) is 0 Å². The predicted molar refractivity (Wildman–Crippen MR) is 82.0 cm³/mol. The molecule has 0 aromatic heterocycles. The zero-order valence-corrected chi connectivity index (χ0v) is 13.7. The molecule has 114 valence electrons. The Morgan fingerprint density at radius 2 is 1.50 bits per heavy atom. The van der Waals surface area contributed by atoms with Crippen LogP contribution in [0.2, 0.25) is 0 Å². The molecule has 2 fully saturated rings. The molecule has 0 radical (unpaired) electrons. The quantitative estimate of drug-likeness (QED) is 0.756. The zero-order valence-electron chi connectivity index (χ0n) is 13.7. The van der Waals surface area contributed by atoms with Gasteiger partial charge in [-0.05, 0) is 68.6 Å². The van der Waals surface area contributed by atoms with Gasteiger partial charge in [-0.1, -0.05) is 27.7 Å². The molecule has 2 aliphatic rings. The third kappa shape index (κ3) is 2.75. The van der Waals surface area contributed by atoms with Crippen LogP contribution >= 0.6 is 0 Å². The first-order chi connectivity index (χ1) is 9.22. The number of aliphatic hydroxyl groups is 1. The summed E-state index contributed by atoms with van der Waals surface area (Å²) in [6, 6.07) is 2.56. The molecule has 0 aliphatic heterocycles. The van der Waals surface area contributed by atoms with Crippen LogP contribution in [0.25, 0.3) is 0 Å². The molecule has 2 saturated carbocycles. The summed E-state index contributed by atoms with van der Waals surface area (Å²) < 4.78 is 0. The standard InChI is InChI=1S/C18H31NO/c1-14-5-11-18(20,12-6-14)17(13-19)9-7-15(8-10-17)16(2,3)4/h14-15,20H,5-12H2,1-4H3. The van der Waals surface area contributed by atoms with Gasteiger partial charge in [0.25, 0.3) is 0 Å². The van der Waals surface area contributed by atoms with Crippen molar-refractivity contribution in [3.05, 3.63) is 0 Å². The summed E-state index contributed by atoms with van der Waals surface area (Å²) in [5, 5.41) is 20.9. The Balaban J connectivity index is 2.11. The van der Waals surface area contributed by atoms with E-state index in [9.17, 15) is 10.4 Å². The molecule has 0 unspecified atom stereocenters. The molecule has 0 amide bonds. The summed E-state index contributed by atoms with van der Waals surface area (Å²) in [4.78, 5) is 0. The van der Waals surface area contributed by atoms with E-state index in [0.29, 0.717) is 17.3 Å². The molecule has 0 aromatic rings. The molecule has 1 N–H and O–H groups in total. The topological polar surface area (TPSA) is 44.0 Å². The third-order valence-electron chi connectivity index (χ3n) is 6.27. The average Bonchev–Trinajstić information content (AvgIpc) is 2.41. The van der Waals surface area contributed by atoms with Crippen molar-refractivity contribution in [2.24, 2.45) is 22.7 Å². The highest BCUT2D eigenvalue weighted by Crippen LogP contribution is 2.54. The Morgan fingerprint density at radius 1 is 1.00 bits per heavy atom. The van der Waals surface area contributed by atoms with E-state index in [1.807, 2.05) is 0 Å². The van der Waals surface area contributed by atoms with Crippen molar-refractivity contribution in [3.8, 4) is 6.07 Å². The van der Waals surface area contributed by atoms with Gasteiger partial charge in [0.1, 0.15) is 0 Å². The maximum Gasteiger partial charge on any atom is 0.0860 e. The Hall–Kier alpha value is -0.550. The maximum atomic E-state index is 11.1. The number of nitrogens with zero attached hydrogens (tertiary/aromatic N) is 1. The van der Waals surface area contributed by atoms with E-state index in [2.05, 4.69) is 33.8 Å².